The van der Waals surface area contributed by atoms with E-state index >= 15 is 0 Å². The van der Waals surface area contributed by atoms with Gasteiger partial charge in [-0.2, -0.15) is 0 Å². The summed E-state index contributed by atoms with van der Waals surface area (Å²) in [6.45, 7) is 3.93. The zero-order valence-electron chi connectivity index (χ0n) is 15.2. The molecule has 2 aromatic rings. The first-order valence-corrected chi connectivity index (χ1v) is 10.1. The minimum Gasteiger partial charge on any atom is -0.335 e. The number of hydrogen-bond acceptors (Lipinski definition) is 3. The van der Waals surface area contributed by atoms with Gasteiger partial charge in [0, 0.05) is 22.1 Å². The molecule has 0 spiro atoms. The molecule has 6 heteroatoms. The van der Waals surface area contributed by atoms with Gasteiger partial charge in [-0.05, 0) is 43.2 Å². The second-order valence-corrected chi connectivity index (χ2v) is 8.30. The minimum atomic E-state index is -0.273. The van der Waals surface area contributed by atoms with Crippen LogP contribution in [0, 0.1) is 0 Å². The zero-order valence-corrected chi connectivity index (χ0v) is 17.6. The molecular weight excluding hydrogens is 412 g/mol. The van der Waals surface area contributed by atoms with Crippen molar-refractivity contribution in [2.45, 2.75) is 30.4 Å². The molecule has 0 radical (unpaired) electrons. The van der Waals surface area contributed by atoms with Crippen molar-refractivity contribution >= 4 is 45.2 Å². The summed E-state index contributed by atoms with van der Waals surface area (Å²) in [7, 11) is 1.66. The maximum absolute atomic E-state index is 12.6. The number of amides is 2. The van der Waals surface area contributed by atoms with Crippen LogP contribution < -0.4 is 5.32 Å². The third-order valence-corrected chi connectivity index (χ3v) is 5.46. The molecule has 2 rings (SSSR count). The third-order valence-electron chi connectivity index (χ3n) is 3.89. The fourth-order valence-electron chi connectivity index (χ4n) is 2.54. The van der Waals surface area contributed by atoms with E-state index < -0.39 is 0 Å². The SMILES string of the molecule is CCc1ccccc1NC(=O)CN(C)C(=O)C(C)Sc1cccc(Br)c1. The van der Waals surface area contributed by atoms with Gasteiger partial charge in [-0.15, -0.1) is 11.8 Å². The van der Waals surface area contributed by atoms with Gasteiger partial charge in [0.15, 0.2) is 0 Å². The van der Waals surface area contributed by atoms with Crippen LogP contribution in [0.1, 0.15) is 19.4 Å². The zero-order chi connectivity index (χ0) is 19.1. The van der Waals surface area contributed by atoms with Crippen LogP contribution in [-0.4, -0.2) is 35.6 Å². The lowest BCUT2D eigenvalue weighted by molar-refractivity contribution is -0.132. The van der Waals surface area contributed by atoms with Crippen LogP contribution in [0.5, 0.6) is 0 Å². The fourth-order valence-corrected chi connectivity index (χ4v) is 4.13. The summed E-state index contributed by atoms with van der Waals surface area (Å²) >= 11 is 4.91. The van der Waals surface area contributed by atoms with Crippen molar-refractivity contribution in [1.82, 2.24) is 4.90 Å². The number of halogens is 1. The number of anilines is 1. The monoisotopic (exact) mass is 434 g/mol. The number of carbonyl (C=O) groups is 2. The van der Waals surface area contributed by atoms with E-state index in [1.807, 2.05) is 62.4 Å². The molecular formula is C20H23BrN2O2S. The van der Waals surface area contributed by atoms with Crippen molar-refractivity contribution < 1.29 is 9.59 Å². The standard InChI is InChI=1S/C20H23BrN2O2S/c1-4-15-8-5-6-11-18(15)22-19(24)13-23(3)20(25)14(2)26-17-10-7-9-16(21)12-17/h5-12,14H,4,13H2,1-3H3,(H,22,24). The van der Waals surface area contributed by atoms with Crippen LogP contribution in [0.25, 0.3) is 0 Å². The third kappa shape index (κ3) is 5.88. The van der Waals surface area contributed by atoms with Gasteiger partial charge in [0.2, 0.25) is 11.8 Å². The van der Waals surface area contributed by atoms with Crippen LogP contribution in [0.3, 0.4) is 0 Å². The topological polar surface area (TPSA) is 49.4 Å². The number of likely N-dealkylation sites (N-methyl/N-ethyl adjacent to an activating group) is 1. The summed E-state index contributed by atoms with van der Waals surface area (Å²) < 4.78 is 0.976. The highest BCUT2D eigenvalue weighted by molar-refractivity contribution is 9.10. The Morgan fingerprint density at radius 2 is 1.92 bits per heavy atom. The maximum atomic E-state index is 12.6. The van der Waals surface area contributed by atoms with Gasteiger partial charge in [-0.3, -0.25) is 9.59 Å². The quantitative estimate of drug-likeness (QED) is 0.648. The Hall–Kier alpha value is -1.79. The van der Waals surface area contributed by atoms with Crippen LogP contribution >= 0.6 is 27.7 Å². The van der Waals surface area contributed by atoms with Gasteiger partial charge < -0.3 is 10.2 Å². The highest BCUT2D eigenvalue weighted by atomic mass is 79.9. The normalized spacial score (nSPS) is 11.7. The van der Waals surface area contributed by atoms with Crippen LogP contribution in [0.15, 0.2) is 57.9 Å². The van der Waals surface area contributed by atoms with Crippen LogP contribution in [0.2, 0.25) is 0 Å². The minimum absolute atomic E-state index is 0.0280. The van der Waals surface area contributed by atoms with Crippen LogP contribution in [0.4, 0.5) is 5.69 Å². The number of rotatable bonds is 7. The summed E-state index contributed by atoms with van der Waals surface area (Å²) in [4.78, 5) is 27.3. The Balaban J connectivity index is 1.92. The van der Waals surface area contributed by atoms with E-state index in [1.165, 1.54) is 16.7 Å². The fraction of sp³-hybridized carbons (Fsp3) is 0.300. The summed E-state index contributed by atoms with van der Waals surface area (Å²) in [6.07, 6.45) is 0.839. The van der Waals surface area contributed by atoms with E-state index in [9.17, 15) is 9.59 Å². The first-order valence-electron chi connectivity index (χ1n) is 8.45. The lowest BCUT2D eigenvalue weighted by Crippen LogP contribution is -2.39. The Morgan fingerprint density at radius 1 is 1.19 bits per heavy atom. The number of aryl methyl sites for hydroxylation is 1. The molecule has 0 heterocycles. The van der Waals surface area contributed by atoms with E-state index in [2.05, 4.69) is 21.2 Å². The summed E-state index contributed by atoms with van der Waals surface area (Å²) in [5.74, 6) is -0.268. The lowest BCUT2D eigenvalue weighted by atomic mass is 10.1. The Labute approximate surface area is 167 Å². The predicted octanol–water partition coefficient (Wildman–Crippen LogP) is 4.59. The van der Waals surface area contributed by atoms with E-state index in [1.54, 1.807) is 7.05 Å². The van der Waals surface area contributed by atoms with E-state index in [4.69, 9.17) is 0 Å². The summed E-state index contributed by atoms with van der Waals surface area (Å²) in [6, 6.07) is 15.5. The average molecular weight is 435 g/mol. The Bertz CT molecular complexity index is 782. The predicted molar refractivity (Wildman–Crippen MR) is 112 cm³/mol. The van der Waals surface area contributed by atoms with Crippen molar-refractivity contribution in [2.75, 3.05) is 18.9 Å². The molecule has 1 unspecified atom stereocenters. The number of para-hydroxylation sites is 1. The van der Waals surface area contributed by atoms with Gasteiger partial charge >= 0.3 is 0 Å². The molecule has 0 aliphatic heterocycles. The van der Waals surface area contributed by atoms with Crippen LogP contribution in [-0.2, 0) is 16.0 Å². The molecule has 0 saturated carbocycles. The first kappa shape index (κ1) is 20.5. The lowest BCUT2D eigenvalue weighted by Gasteiger charge is -2.21. The van der Waals surface area contributed by atoms with Gasteiger partial charge in [0.25, 0.3) is 0 Å². The molecule has 4 nitrogen and oxygen atoms in total. The Kier molecular flexibility index (Phi) is 7.72. The highest BCUT2D eigenvalue weighted by Gasteiger charge is 2.21. The molecule has 0 saturated heterocycles. The van der Waals surface area contributed by atoms with E-state index in [0.29, 0.717) is 0 Å². The largest absolute Gasteiger partial charge is 0.335 e. The molecule has 0 bridgehead atoms. The number of thioether (sulfide) groups is 1. The van der Waals surface area contributed by atoms with Gasteiger partial charge in [-0.25, -0.2) is 0 Å². The molecule has 2 amide bonds. The summed E-state index contributed by atoms with van der Waals surface area (Å²) in [5, 5.41) is 2.62. The second-order valence-electron chi connectivity index (χ2n) is 5.97. The molecule has 2 aromatic carbocycles. The van der Waals surface area contributed by atoms with Crippen molar-refractivity contribution in [1.29, 1.82) is 0 Å². The molecule has 0 fully saturated rings. The number of carbonyl (C=O) groups excluding carboxylic acids is 2. The smallest absolute Gasteiger partial charge is 0.243 e. The van der Waals surface area contributed by atoms with Gasteiger partial charge in [-0.1, -0.05) is 47.1 Å². The van der Waals surface area contributed by atoms with Crippen molar-refractivity contribution in [2.24, 2.45) is 0 Å². The highest BCUT2D eigenvalue weighted by Crippen LogP contribution is 2.26. The first-order chi connectivity index (χ1) is 12.4. The van der Waals surface area contributed by atoms with E-state index in [0.717, 1.165) is 27.0 Å². The van der Waals surface area contributed by atoms with Crippen molar-refractivity contribution in [3.8, 4) is 0 Å². The molecule has 0 aliphatic rings. The molecule has 138 valence electrons. The average Bonchev–Trinajstić information content (AvgIpc) is 2.61. The molecule has 26 heavy (non-hydrogen) atoms. The summed E-state index contributed by atoms with van der Waals surface area (Å²) in [5.41, 5.74) is 1.88. The van der Waals surface area contributed by atoms with Crippen molar-refractivity contribution in [3.05, 3.63) is 58.6 Å². The number of nitrogens with one attached hydrogen (secondary N) is 1. The second kappa shape index (κ2) is 9.78. The molecule has 1 atom stereocenters. The maximum Gasteiger partial charge on any atom is 0.243 e. The van der Waals surface area contributed by atoms with Crippen molar-refractivity contribution in [3.63, 3.8) is 0 Å². The number of benzene rings is 2. The number of nitrogens with zero attached hydrogens (tertiary/aromatic N) is 1. The van der Waals surface area contributed by atoms with E-state index in [-0.39, 0.29) is 23.6 Å². The van der Waals surface area contributed by atoms with Gasteiger partial charge in [0.1, 0.15) is 0 Å². The molecule has 1 N–H and O–H groups in total. The molecule has 0 aromatic heterocycles. The number of hydrogen-bond donors (Lipinski definition) is 1. The Morgan fingerprint density at radius 3 is 2.62 bits per heavy atom. The van der Waals surface area contributed by atoms with Gasteiger partial charge in [0.05, 0.1) is 11.8 Å². The molecule has 0 aliphatic carbocycles.